The first-order chi connectivity index (χ1) is 21.9. The van der Waals surface area contributed by atoms with Gasteiger partial charge in [0.1, 0.15) is 12.2 Å². The fraction of sp³-hybridized carbons (Fsp3) is 0.667. The van der Waals surface area contributed by atoms with Crippen LogP contribution in [0.15, 0.2) is 40.9 Å². The molecule has 2 heterocycles. The monoisotopic (exact) mass is 637 g/mol. The summed E-state index contributed by atoms with van der Waals surface area (Å²) in [5, 5.41) is 17.8. The Morgan fingerprint density at radius 2 is 1.93 bits per heavy atom. The van der Waals surface area contributed by atoms with Crippen LogP contribution in [0.1, 0.15) is 65.1 Å². The van der Waals surface area contributed by atoms with Crippen molar-refractivity contribution in [2.24, 2.45) is 16.3 Å². The zero-order valence-corrected chi connectivity index (χ0v) is 28.4. The standard InChI is InChI=1S/C36H51N3O7/c1-22(2)45-35-13-12-33(4)34(5)24(18-26-25-10-8-9-11-27(25)39-32(26)34)19-30(44-21-31(40)38-15-17-43-7)36(33,41)29(35)20-28(23(3)46-35)37-14-16-42-6/h8-11,20,22-24,30,39,41H,12-19,21H2,1-7H3,(H,38,40)/b37-28+/t23?,24-,30+,33?,34-,35?,36+/m1/s1. The van der Waals surface area contributed by atoms with Crippen molar-refractivity contribution < 1.29 is 33.6 Å². The first kappa shape index (κ1) is 33.3. The predicted octanol–water partition coefficient (Wildman–Crippen LogP) is 4.23. The van der Waals surface area contributed by atoms with Crippen LogP contribution in [0.2, 0.25) is 0 Å². The SMILES string of the molecule is COCC/N=C1\C=C2C(OC(C)C)(CCC3(C)[C@@]4(C)c5[nH]c6ccccc6c5C[C@@H]4C[C@H](OCC(=O)NCCOC)[C@@]23O)OC1C. The molecule has 10 nitrogen and oxygen atoms in total. The van der Waals surface area contributed by atoms with Crippen molar-refractivity contribution in [3.05, 3.63) is 47.2 Å². The summed E-state index contributed by atoms with van der Waals surface area (Å²) >= 11 is 0. The molecule has 4 aliphatic rings. The molecule has 2 fully saturated rings. The molecule has 0 radical (unpaired) electrons. The molecule has 252 valence electrons. The molecule has 10 heteroatoms. The van der Waals surface area contributed by atoms with Crippen molar-refractivity contribution >= 4 is 22.5 Å². The van der Waals surface area contributed by atoms with E-state index in [1.54, 1.807) is 14.2 Å². The Balaban J connectivity index is 1.51. The second-order valence-electron chi connectivity index (χ2n) is 14.1. The minimum absolute atomic E-state index is 0.166. The molecule has 7 atom stereocenters. The molecule has 3 N–H and O–H groups in total. The van der Waals surface area contributed by atoms with E-state index in [9.17, 15) is 9.90 Å². The lowest BCUT2D eigenvalue weighted by molar-refractivity contribution is -0.311. The molecule has 0 bridgehead atoms. The van der Waals surface area contributed by atoms with Gasteiger partial charge in [0.25, 0.3) is 0 Å². The normalized spacial score (nSPS) is 35.9. The van der Waals surface area contributed by atoms with E-state index in [1.807, 2.05) is 26.8 Å². The number of fused-ring (bicyclic) bond motifs is 9. The lowest BCUT2D eigenvalue weighted by atomic mass is 9.41. The number of aromatic amines is 1. The molecule has 1 amide bonds. The highest BCUT2D eigenvalue weighted by Gasteiger charge is 2.76. The first-order valence-electron chi connectivity index (χ1n) is 16.8. The van der Waals surface area contributed by atoms with Crippen LogP contribution in [-0.4, -0.2) is 98.5 Å². The molecular weight excluding hydrogens is 586 g/mol. The number of para-hydroxylation sites is 1. The number of hydrogen-bond donors (Lipinski definition) is 3. The smallest absolute Gasteiger partial charge is 0.246 e. The zero-order valence-electron chi connectivity index (χ0n) is 28.4. The van der Waals surface area contributed by atoms with Gasteiger partial charge in [-0.1, -0.05) is 32.0 Å². The van der Waals surface area contributed by atoms with Crippen molar-refractivity contribution in [1.82, 2.24) is 10.3 Å². The highest BCUT2D eigenvalue weighted by molar-refractivity contribution is 6.00. The van der Waals surface area contributed by atoms with Gasteiger partial charge in [-0.05, 0) is 63.7 Å². The van der Waals surface area contributed by atoms with E-state index in [-0.39, 0.29) is 30.6 Å². The van der Waals surface area contributed by atoms with Crippen LogP contribution in [0.4, 0.5) is 0 Å². The van der Waals surface area contributed by atoms with E-state index in [1.165, 1.54) is 16.6 Å². The van der Waals surface area contributed by atoms with Crippen LogP contribution < -0.4 is 5.32 Å². The third-order valence-electron chi connectivity index (χ3n) is 11.5. The van der Waals surface area contributed by atoms with E-state index >= 15 is 0 Å². The van der Waals surface area contributed by atoms with Crippen LogP contribution in [0, 0.1) is 11.3 Å². The lowest BCUT2D eigenvalue weighted by Crippen LogP contribution is -2.75. The number of methoxy groups -OCH3 is 2. The van der Waals surface area contributed by atoms with Gasteiger partial charge >= 0.3 is 0 Å². The summed E-state index contributed by atoms with van der Waals surface area (Å²) in [5.74, 6) is -1.24. The van der Waals surface area contributed by atoms with Crippen LogP contribution in [0.5, 0.6) is 0 Å². The van der Waals surface area contributed by atoms with Crippen molar-refractivity contribution in [3.8, 4) is 0 Å². The fourth-order valence-corrected chi connectivity index (χ4v) is 9.13. The number of carbonyl (C=O) groups excluding carboxylic acids is 1. The molecule has 3 unspecified atom stereocenters. The molecular formula is C36H51N3O7. The maximum Gasteiger partial charge on any atom is 0.246 e. The molecule has 46 heavy (non-hydrogen) atoms. The minimum Gasteiger partial charge on any atom is -0.383 e. The topological polar surface area (TPSA) is 124 Å². The van der Waals surface area contributed by atoms with Gasteiger partial charge in [-0.3, -0.25) is 9.79 Å². The summed E-state index contributed by atoms with van der Waals surface area (Å²) in [5.41, 5.74) is 2.26. The van der Waals surface area contributed by atoms with Crippen LogP contribution >= 0.6 is 0 Å². The number of amides is 1. The predicted molar refractivity (Wildman–Crippen MR) is 176 cm³/mol. The van der Waals surface area contributed by atoms with E-state index in [0.29, 0.717) is 51.1 Å². The quantitative estimate of drug-likeness (QED) is 0.315. The maximum atomic E-state index is 13.7. The van der Waals surface area contributed by atoms with Gasteiger partial charge in [0.05, 0.1) is 43.8 Å². The van der Waals surface area contributed by atoms with Crippen LogP contribution in [-0.2, 0) is 40.3 Å². The fourth-order valence-electron chi connectivity index (χ4n) is 9.13. The molecule has 3 aliphatic carbocycles. The largest absolute Gasteiger partial charge is 0.383 e. The highest BCUT2D eigenvalue weighted by atomic mass is 16.7. The molecule has 0 saturated heterocycles. The Morgan fingerprint density at radius 1 is 1.17 bits per heavy atom. The number of nitrogens with zero attached hydrogens (tertiary/aromatic N) is 1. The number of carbonyl (C=O) groups is 1. The third kappa shape index (κ3) is 4.99. The summed E-state index contributed by atoms with van der Waals surface area (Å²) in [4.78, 5) is 21.6. The lowest BCUT2D eigenvalue weighted by Gasteiger charge is -2.68. The number of H-pyrrole nitrogens is 1. The summed E-state index contributed by atoms with van der Waals surface area (Å²) in [6.07, 6.45) is 3.40. The number of hydrogen-bond acceptors (Lipinski definition) is 8. The average molecular weight is 638 g/mol. The Morgan fingerprint density at radius 3 is 2.67 bits per heavy atom. The summed E-state index contributed by atoms with van der Waals surface area (Å²) in [7, 11) is 3.25. The Bertz CT molecular complexity index is 1520. The Labute approximate surface area is 272 Å². The number of ether oxygens (including phenoxy) is 5. The van der Waals surface area contributed by atoms with Gasteiger partial charge in [0.2, 0.25) is 5.91 Å². The molecule has 2 saturated carbocycles. The number of aromatic nitrogens is 1. The summed E-state index contributed by atoms with van der Waals surface area (Å²) in [6, 6.07) is 8.45. The zero-order chi connectivity index (χ0) is 32.9. The van der Waals surface area contributed by atoms with Gasteiger partial charge < -0.3 is 39.1 Å². The van der Waals surface area contributed by atoms with Gasteiger partial charge in [-0.15, -0.1) is 0 Å². The second-order valence-corrected chi connectivity index (χ2v) is 14.1. The van der Waals surface area contributed by atoms with Gasteiger partial charge in [0, 0.05) is 60.2 Å². The highest BCUT2D eigenvalue weighted by Crippen LogP contribution is 2.71. The molecule has 6 rings (SSSR count). The molecule has 2 aromatic rings. The third-order valence-corrected chi connectivity index (χ3v) is 11.5. The van der Waals surface area contributed by atoms with Crippen LogP contribution in [0.3, 0.4) is 0 Å². The molecule has 1 aromatic heterocycles. The van der Waals surface area contributed by atoms with E-state index in [2.05, 4.69) is 48.4 Å². The number of rotatable bonds is 11. The number of aliphatic hydroxyl groups is 1. The average Bonchev–Trinajstić information content (AvgIpc) is 3.52. The number of benzene rings is 1. The molecule has 0 spiro atoms. The first-order valence-corrected chi connectivity index (χ1v) is 16.8. The summed E-state index contributed by atoms with van der Waals surface area (Å²) < 4.78 is 30.5. The van der Waals surface area contributed by atoms with Gasteiger partial charge in [-0.2, -0.15) is 0 Å². The van der Waals surface area contributed by atoms with E-state index < -0.39 is 28.3 Å². The Hall–Kier alpha value is -2.60. The second kappa shape index (κ2) is 12.5. The van der Waals surface area contributed by atoms with E-state index in [4.69, 9.17) is 28.7 Å². The van der Waals surface area contributed by atoms with Crippen molar-refractivity contribution in [1.29, 1.82) is 0 Å². The van der Waals surface area contributed by atoms with E-state index in [0.717, 1.165) is 17.6 Å². The minimum atomic E-state index is -1.56. The van der Waals surface area contributed by atoms with Crippen molar-refractivity contribution in [3.63, 3.8) is 0 Å². The van der Waals surface area contributed by atoms with Crippen LogP contribution in [0.25, 0.3) is 10.9 Å². The van der Waals surface area contributed by atoms with Gasteiger partial charge in [0.15, 0.2) is 5.79 Å². The number of nitrogens with one attached hydrogen (secondary N) is 2. The van der Waals surface area contributed by atoms with Crippen molar-refractivity contribution in [2.75, 3.05) is 47.1 Å². The molecule has 1 aromatic carbocycles. The van der Waals surface area contributed by atoms with Gasteiger partial charge in [-0.25, -0.2) is 0 Å². The summed E-state index contributed by atoms with van der Waals surface area (Å²) in [6.45, 7) is 12.0. The molecule has 1 aliphatic heterocycles. The maximum absolute atomic E-state index is 13.7. The number of aliphatic imine (C=N–C) groups is 1. The van der Waals surface area contributed by atoms with Crippen molar-refractivity contribution in [2.45, 2.75) is 95.4 Å². The Kier molecular flexibility index (Phi) is 9.01.